The molecule has 134 valence electrons. The Hall–Kier alpha value is -2.34. The van der Waals surface area contributed by atoms with E-state index in [-0.39, 0.29) is 17.9 Å². The Morgan fingerprint density at radius 2 is 2.16 bits per heavy atom. The quantitative estimate of drug-likeness (QED) is 0.876. The second kappa shape index (κ2) is 7.70. The van der Waals surface area contributed by atoms with Crippen molar-refractivity contribution in [1.82, 2.24) is 14.7 Å². The third-order valence-corrected chi connectivity index (χ3v) is 4.83. The van der Waals surface area contributed by atoms with Crippen LogP contribution in [0.25, 0.3) is 0 Å². The summed E-state index contributed by atoms with van der Waals surface area (Å²) in [4.78, 5) is 14.5. The first kappa shape index (κ1) is 17.5. The van der Waals surface area contributed by atoms with Crippen LogP contribution in [-0.2, 0) is 7.05 Å². The van der Waals surface area contributed by atoms with Crippen LogP contribution in [0.15, 0.2) is 36.7 Å². The van der Waals surface area contributed by atoms with Crippen LogP contribution in [0.2, 0.25) is 0 Å². The van der Waals surface area contributed by atoms with E-state index in [1.807, 2.05) is 44.6 Å². The van der Waals surface area contributed by atoms with Crippen molar-refractivity contribution in [3.8, 4) is 0 Å². The first-order valence-corrected chi connectivity index (χ1v) is 8.82. The number of carbonyl (C=O) groups excluding carboxylic acids is 1. The molecule has 0 saturated heterocycles. The van der Waals surface area contributed by atoms with Crippen LogP contribution in [0.3, 0.4) is 0 Å². The minimum atomic E-state index is -0.289. The SMILES string of the molecule is CN(CC1CCCCC1O)C(=O)c1cccc(Nc2cnn(C)c2)c1. The molecule has 1 saturated carbocycles. The molecule has 1 aliphatic rings. The maximum atomic E-state index is 12.7. The molecule has 2 unspecified atom stereocenters. The lowest BCUT2D eigenvalue weighted by Crippen LogP contribution is -2.38. The molecule has 6 nitrogen and oxygen atoms in total. The van der Waals surface area contributed by atoms with Gasteiger partial charge in [-0.05, 0) is 31.0 Å². The number of aliphatic hydroxyl groups is 1. The average Bonchev–Trinajstić information content (AvgIpc) is 3.01. The zero-order valence-corrected chi connectivity index (χ0v) is 14.9. The number of rotatable bonds is 5. The summed E-state index contributed by atoms with van der Waals surface area (Å²) in [6.07, 6.45) is 7.38. The summed E-state index contributed by atoms with van der Waals surface area (Å²) in [7, 11) is 3.67. The van der Waals surface area contributed by atoms with E-state index < -0.39 is 0 Å². The number of aliphatic hydroxyl groups excluding tert-OH is 1. The summed E-state index contributed by atoms with van der Waals surface area (Å²) in [5.41, 5.74) is 2.37. The summed E-state index contributed by atoms with van der Waals surface area (Å²) >= 11 is 0. The van der Waals surface area contributed by atoms with Gasteiger partial charge in [0, 0.05) is 44.0 Å². The van der Waals surface area contributed by atoms with E-state index >= 15 is 0 Å². The second-order valence-corrected chi connectivity index (χ2v) is 6.91. The van der Waals surface area contributed by atoms with Crippen molar-refractivity contribution < 1.29 is 9.90 Å². The molecular formula is C19H26N4O2. The molecule has 6 heteroatoms. The minimum absolute atomic E-state index is 0.0207. The van der Waals surface area contributed by atoms with Gasteiger partial charge >= 0.3 is 0 Å². The van der Waals surface area contributed by atoms with Gasteiger partial charge in [0.1, 0.15) is 0 Å². The molecule has 1 aliphatic carbocycles. The third kappa shape index (κ3) is 4.39. The van der Waals surface area contributed by atoms with E-state index in [0.29, 0.717) is 12.1 Å². The average molecular weight is 342 g/mol. The summed E-state index contributed by atoms with van der Waals surface area (Å²) in [6, 6.07) is 7.47. The van der Waals surface area contributed by atoms with Crippen LogP contribution in [0.4, 0.5) is 11.4 Å². The monoisotopic (exact) mass is 342 g/mol. The second-order valence-electron chi connectivity index (χ2n) is 6.91. The molecule has 1 aromatic carbocycles. The van der Waals surface area contributed by atoms with Crippen molar-refractivity contribution in [1.29, 1.82) is 0 Å². The van der Waals surface area contributed by atoms with Gasteiger partial charge in [-0.2, -0.15) is 5.10 Å². The van der Waals surface area contributed by atoms with Crippen molar-refractivity contribution in [3.63, 3.8) is 0 Å². The zero-order valence-electron chi connectivity index (χ0n) is 14.9. The van der Waals surface area contributed by atoms with Crippen LogP contribution < -0.4 is 5.32 Å². The number of hydrogen-bond acceptors (Lipinski definition) is 4. The Labute approximate surface area is 148 Å². The molecule has 1 fully saturated rings. The number of carbonyl (C=O) groups is 1. The molecule has 2 N–H and O–H groups in total. The van der Waals surface area contributed by atoms with Gasteiger partial charge in [0.05, 0.1) is 18.0 Å². The highest BCUT2D eigenvalue weighted by Crippen LogP contribution is 2.25. The van der Waals surface area contributed by atoms with E-state index in [9.17, 15) is 9.90 Å². The molecule has 0 radical (unpaired) electrons. The number of amides is 1. The van der Waals surface area contributed by atoms with Gasteiger partial charge in [-0.15, -0.1) is 0 Å². The first-order valence-electron chi connectivity index (χ1n) is 8.82. The van der Waals surface area contributed by atoms with E-state index in [2.05, 4.69) is 10.4 Å². The van der Waals surface area contributed by atoms with Crippen LogP contribution in [0.1, 0.15) is 36.0 Å². The van der Waals surface area contributed by atoms with Crippen molar-refractivity contribution in [2.24, 2.45) is 13.0 Å². The van der Waals surface area contributed by atoms with Crippen molar-refractivity contribution in [3.05, 3.63) is 42.2 Å². The molecular weight excluding hydrogens is 316 g/mol. The fourth-order valence-corrected chi connectivity index (χ4v) is 3.44. The predicted octanol–water partition coefficient (Wildman–Crippen LogP) is 2.79. The molecule has 0 bridgehead atoms. The number of nitrogens with one attached hydrogen (secondary N) is 1. The van der Waals surface area contributed by atoms with Crippen LogP contribution >= 0.6 is 0 Å². The molecule has 0 spiro atoms. The molecule has 1 amide bonds. The standard InChI is InChI=1S/C19H26N4O2/c1-22(12-15-6-3-4-9-18(15)24)19(25)14-7-5-8-16(10-14)21-17-11-20-23(2)13-17/h5,7-8,10-11,13,15,18,21,24H,3-4,6,9,12H2,1-2H3. The maximum Gasteiger partial charge on any atom is 0.253 e. The maximum absolute atomic E-state index is 12.7. The topological polar surface area (TPSA) is 70.4 Å². The lowest BCUT2D eigenvalue weighted by Gasteiger charge is -2.31. The molecule has 25 heavy (non-hydrogen) atoms. The molecule has 2 atom stereocenters. The number of nitrogens with zero attached hydrogens (tertiary/aromatic N) is 3. The Morgan fingerprint density at radius 3 is 2.88 bits per heavy atom. The van der Waals surface area contributed by atoms with Crippen molar-refractivity contribution >= 4 is 17.3 Å². The van der Waals surface area contributed by atoms with E-state index in [1.54, 1.807) is 15.8 Å². The van der Waals surface area contributed by atoms with E-state index in [1.165, 1.54) is 0 Å². The Morgan fingerprint density at radius 1 is 1.36 bits per heavy atom. The Bertz CT molecular complexity index is 728. The minimum Gasteiger partial charge on any atom is -0.393 e. The van der Waals surface area contributed by atoms with Gasteiger partial charge in [-0.25, -0.2) is 0 Å². The highest BCUT2D eigenvalue weighted by molar-refractivity contribution is 5.95. The fraction of sp³-hybridized carbons (Fsp3) is 0.474. The molecule has 1 heterocycles. The first-order chi connectivity index (χ1) is 12.0. The van der Waals surface area contributed by atoms with Gasteiger partial charge in [0.2, 0.25) is 0 Å². The molecule has 3 rings (SSSR count). The summed E-state index contributed by atoms with van der Waals surface area (Å²) < 4.78 is 1.72. The van der Waals surface area contributed by atoms with Gasteiger partial charge in [-0.1, -0.05) is 18.9 Å². The highest BCUT2D eigenvalue weighted by atomic mass is 16.3. The number of aryl methyl sites for hydroxylation is 1. The molecule has 1 aromatic heterocycles. The summed E-state index contributed by atoms with van der Waals surface area (Å²) in [6.45, 7) is 0.597. The van der Waals surface area contributed by atoms with Crippen molar-refractivity contribution in [2.75, 3.05) is 18.9 Å². The van der Waals surface area contributed by atoms with Crippen LogP contribution in [-0.4, -0.2) is 45.4 Å². The van der Waals surface area contributed by atoms with Crippen LogP contribution in [0, 0.1) is 5.92 Å². The van der Waals surface area contributed by atoms with Gasteiger partial charge in [0.15, 0.2) is 0 Å². The number of anilines is 2. The number of hydrogen-bond donors (Lipinski definition) is 2. The highest BCUT2D eigenvalue weighted by Gasteiger charge is 2.26. The number of benzene rings is 1. The Kier molecular flexibility index (Phi) is 5.38. The van der Waals surface area contributed by atoms with E-state index in [4.69, 9.17) is 0 Å². The van der Waals surface area contributed by atoms with Gasteiger partial charge < -0.3 is 15.3 Å². The van der Waals surface area contributed by atoms with Crippen molar-refractivity contribution in [2.45, 2.75) is 31.8 Å². The lowest BCUT2D eigenvalue weighted by molar-refractivity contribution is 0.0451. The molecule has 0 aliphatic heterocycles. The normalized spacial score (nSPS) is 20.3. The smallest absolute Gasteiger partial charge is 0.253 e. The summed E-state index contributed by atoms with van der Waals surface area (Å²) in [5, 5.41) is 17.5. The number of aromatic nitrogens is 2. The zero-order chi connectivity index (χ0) is 17.8. The fourth-order valence-electron chi connectivity index (χ4n) is 3.44. The lowest BCUT2D eigenvalue weighted by atomic mass is 9.86. The largest absolute Gasteiger partial charge is 0.393 e. The Balaban J connectivity index is 1.65. The van der Waals surface area contributed by atoms with E-state index in [0.717, 1.165) is 37.1 Å². The summed E-state index contributed by atoms with van der Waals surface area (Å²) in [5.74, 6) is 0.159. The van der Waals surface area contributed by atoms with Crippen LogP contribution in [0.5, 0.6) is 0 Å². The van der Waals surface area contributed by atoms with Gasteiger partial charge in [-0.3, -0.25) is 9.48 Å². The molecule has 2 aromatic rings. The van der Waals surface area contributed by atoms with Gasteiger partial charge in [0.25, 0.3) is 5.91 Å². The predicted molar refractivity (Wildman–Crippen MR) is 97.9 cm³/mol. The third-order valence-electron chi connectivity index (χ3n) is 4.83.